The molecule has 1 unspecified atom stereocenters. The monoisotopic (exact) mass is 331 g/mol. The molecule has 0 aliphatic heterocycles. The number of benzene rings is 2. The molecular weight excluding hydrogens is 321 g/mol. The van der Waals surface area contributed by atoms with Gasteiger partial charge in [0.25, 0.3) is 0 Å². The smallest absolute Gasteiger partial charge is 0.129 e. The minimum atomic E-state index is -1.01. The summed E-state index contributed by atoms with van der Waals surface area (Å²) < 4.78 is 14.6. The van der Waals surface area contributed by atoms with Crippen LogP contribution >= 0.6 is 15.9 Å². The van der Waals surface area contributed by atoms with E-state index in [0.717, 1.165) is 15.4 Å². The molecule has 0 radical (unpaired) electrons. The maximum atomic E-state index is 13.8. The third kappa shape index (κ3) is 2.44. The van der Waals surface area contributed by atoms with E-state index in [1.54, 1.807) is 30.5 Å². The van der Waals surface area contributed by atoms with Crippen molar-refractivity contribution >= 4 is 26.8 Å². The Bertz CT molecular complexity index is 775. The van der Waals surface area contributed by atoms with Crippen molar-refractivity contribution in [3.8, 4) is 0 Å². The summed E-state index contributed by atoms with van der Waals surface area (Å²) in [6, 6.07) is 13.8. The van der Waals surface area contributed by atoms with Crippen molar-refractivity contribution < 1.29 is 9.50 Å². The summed E-state index contributed by atoms with van der Waals surface area (Å²) in [5, 5.41) is 11.4. The Morgan fingerprint density at radius 3 is 2.80 bits per heavy atom. The average molecular weight is 332 g/mol. The topological polar surface area (TPSA) is 33.1 Å². The van der Waals surface area contributed by atoms with E-state index in [1.807, 2.05) is 18.2 Å². The molecule has 0 bridgehead atoms. The van der Waals surface area contributed by atoms with Crippen molar-refractivity contribution in [2.24, 2.45) is 0 Å². The SMILES string of the molecule is OC(c1ccc2cccnc2c1)c1cc(Br)ccc1F. The van der Waals surface area contributed by atoms with Gasteiger partial charge < -0.3 is 5.11 Å². The zero-order valence-corrected chi connectivity index (χ0v) is 12.0. The van der Waals surface area contributed by atoms with Gasteiger partial charge in [0.05, 0.1) is 5.52 Å². The molecule has 0 spiro atoms. The van der Waals surface area contributed by atoms with E-state index in [0.29, 0.717) is 5.56 Å². The summed E-state index contributed by atoms with van der Waals surface area (Å²) in [6.45, 7) is 0. The molecule has 0 saturated carbocycles. The molecule has 1 aromatic heterocycles. The molecule has 4 heteroatoms. The molecule has 0 amide bonds. The number of aromatic nitrogens is 1. The van der Waals surface area contributed by atoms with E-state index in [2.05, 4.69) is 20.9 Å². The Morgan fingerprint density at radius 1 is 1.10 bits per heavy atom. The summed E-state index contributed by atoms with van der Waals surface area (Å²) >= 11 is 3.29. The number of rotatable bonds is 2. The zero-order valence-electron chi connectivity index (χ0n) is 10.4. The predicted octanol–water partition coefficient (Wildman–Crippen LogP) is 4.22. The zero-order chi connectivity index (χ0) is 14.1. The van der Waals surface area contributed by atoms with Gasteiger partial charge in [-0.2, -0.15) is 0 Å². The molecule has 3 aromatic rings. The van der Waals surface area contributed by atoms with Crippen molar-refractivity contribution in [1.29, 1.82) is 0 Å². The molecule has 0 aliphatic carbocycles. The van der Waals surface area contributed by atoms with Crippen molar-refractivity contribution in [3.05, 3.63) is 76.1 Å². The van der Waals surface area contributed by atoms with Crippen LogP contribution in [0.25, 0.3) is 10.9 Å². The van der Waals surface area contributed by atoms with Gasteiger partial charge in [0.2, 0.25) is 0 Å². The van der Waals surface area contributed by atoms with Gasteiger partial charge in [-0.15, -0.1) is 0 Å². The number of fused-ring (bicyclic) bond motifs is 1. The molecule has 2 nitrogen and oxygen atoms in total. The van der Waals surface area contributed by atoms with E-state index in [9.17, 15) is 9.50 Å². The molecular formula is C16H11BrFNO. The van der Waals surface area contributed by atoms with Gasteiger partial charge in [0.15, 0.2) is 0 Å². The van der Waals surface area contributed by atoms with Gasteiger partial charge in [-0.05, 0) is 35.9 Å². The predicted molar refractivity (Wildman–Crippen MR) is 79.9 cm³/mol. The lowest BCUT2D eigenvalue weighted by Gasteiger charge is -2.13. The summed E-state index contributed by atoms with van der Waals surface area (Å²) in [5.41, 5.74) is 1.64. The summed E-state index contributed by atoms with van der Waals surface area (Å²) in [6.07, 6.45) is 0.678. The number of aliphatic hydroxyl groups excluding tert-OH is 1. The van der Waals surface area contributed by atoms with E-state index >= 15 is 0 Å². The fourth-order valence-corrected chi connectivity index (χ4v) is 2.54. The van der Waals surface area contributed by atoms with Crippen LogP contribution in [0.15, 0.2) is 59.2 Å². The van der Waals surface area contributed by atoms with Crippen LogP contribution in [0.1, 0.15) is 17.2 Å². The second kappa shape index (κ2) is 5.31. The van der Waals surface area contributed by atoms with E-state index in [1.165, 1.54) is 6.07 Å². The van der Waals surface area contributed by atoms with Gasteiger partial charge in [-0.25, -0.2) is 4.39 Å². The fraction of sp³-hybridized carbons (Fsp3) is 0.0625. The van der Waals surface area contributed by atoms with Gasteiger partial charge in [0, 0.05) is 21.6 Å². The van der Waals surface area contributed by atoms with Crippen LogP contribution in [-0.2, 0) is 0 Å². The van der Waals surface area contributed by atoms with Gasteiger partial charge >= 0.3 is 0 Å². The number of pyridine rings is 1. The number of hydrogen-bond acceptors (Lipinski definition) is 2. The summed E-state index contributed by atoms with van der Waals surface area (Å²) in [4.78, 5) is 4.24. The van der Waals surface area contributed by atoms with Crippen molar-refractivity contribution in [3.63, 3.8) is 0 Å². The standard InChI is InChI=1S/C16H11BrFNO/c17-12-5-6-14(18)13(9-12)16(20)11-4-3-10-2-1-7-19-15(10)8-11/h1-9,16,20H. The third-order valence-corrected chi connectivity index (χ3v) is 3.69. The van der Waals surface area contributed by atoms with Crippen LogP contribution in [0.2, 0.25) is 0 Å². The number of halogens is 2. The molecule has 20 heavy (non-hydrogen) atoms. The second-order valence-electron chi connectivity index (χ2n) is 4.52. The van der Waals surface area contributed by atoms with Crippen molar-refractivity contribution in [1.82, 2.24) is 4.98 Å². The van der Waals surface area contributed by atoms with Crippen LogP contribution in [0, 0.1) is 5.82 Å². The lowest BCUT2D eigenvalue weighted by Crippen LogP contribution is -2.02. The van der Waals surface area contributed by atoms with Crippen LogP contribution in [0.5, 0.6) is 0 Å². The normalized spacial score (nSPS) is 12.6. The van der Waals surface area contributed by atoms with Crippen molar-refractivity contribution in [2.75, 3.05) is 0 Å². The quantitative estimate of drug-likeness (QED) is 0.762. The van der Waals surface area contributed by atoms with Crippen LogP contribution in [-0.4, -0.2) is 10.1 Å². The fourth-order valence-electron chi connectivity index (χ4n) is 2.16. The minimum absolute atomic E-state index is 0.245. The maximum Gasteiger partial charge on any atom is 0.129 e. The molecule has 3 rings (SSSR count). The number of aliphatic hydroxyl groups is 1. The molecule has 1 heterocycles. The Labute approximate surface area is 124 Å². The Morgan fingerprint density at radius 2 is 1.95 bits per heavy atom. The highest BCUT2D eigenvalue weighted by Gasteiger charge is 2.16. The van der Waals surface area contributed by atoms with Crippen LogP contribution in [0.4, 0.5) is 4.39 Å². The minimum Gasteiger partial charge on any atom is -0.384 e. The van der Waals surface area contributed by atoms with E-state index < -0.39 is 11.9 Å². The highest BCUT2D eigenvalue weighted by molar-refractivity contribution is 9.10. The first-order chi connectivity index (χ1) is 9.65. The lowest BCUT2D eigenvalue weighted by molar-refractivity contribution is 0.215. The molecule has 0 saturated heterocycles. The molecule has 1 N–H and O–H groups in total. The first-order valence-electron chi connectivity index (χ1n) is 6.13. The highest BCUT2D eigenvalue weighted by atomic mass is 79.9. The average Bonchev–Trinajstić information content (AvgIpc) is 2.48. The summed E-state index contributed by atoms with van der Waals surface area (Å²) in [7, 11) is 0. The first-order valence-corrected chi connectivity index (χ1v) is 6.92. The van der Waals surface area contributed by atoms with Gasteiger partial charge in [-0.1, -0.05) is 34.1 Å². The second-order valence-corrected chi connectivity index (χ2v) is 5.44. The van der Waals surface area contributed by atoms with Crippen LogP contribution < -0.4 is 0 Å². The Balaban J connectivity index is 2.07. The summed E-state index contributed by atoms with van der Waals surface area (Å²) in [5.74, 6) is -0.429. The lowest BCUT2D eigenvalue weighted by atomic mass is 10.00. The molecule has 2 aromatic carbocycles. The number of nitrogens with zero attached hydrogens (tertiary/aromatic N) is 1. The maximum absolute atomic E-state index is 13.8. The Kier molecular flexibility index (Phi) is 3.51. The third-order valence-electron chi connectivity index (χ3n) is 3.20. The molecule has 100 valence electrons. The van der Waals surface area contributed by atoms with Crippen molar-refractivity contribution in [2.45, 2.75) is 6.10 Å². The molecule has 0 aliphatic rings. The molecule has 0 fully saturated rings. The van der Waals surface area contributed by atoms with E-state index in [4.69, 9.17) is 0 Å². The Hall–Kier alpha value is -1.78. The largest absolute Gasteiger partial charge is 0.384 e. The van der Waals surface area contributed by atoms with Gasteiger partial charge in [-0.3, -0.25) is 4.98 Å². The first kappa shape index (κ1) is 13.2. The van der Waals surface area contributed by atoms with Gasteiger partial charge in [0.1, 0.15) is 11.9 Å². The highest BCUT2D eigenvalue weighted by Crippen LogP contribution is 2.28. The molecule has 1 atom stereocenters. The number of hydrogen-bond donors (Lipinski definition) is 1. The van der Waals surface area contributed by atoms with Crippen LogP contribution in [0.3, 0.4) is 0 Å². The van der Waals surface area contributed by atoms with E-state index in [-0.39, 0.29) is 5.56 Å².